The van der Waals surface area contributed by atoms with Crippen LogP contribution in [0, 0.1) is 6.92 Å². The molecule has 0 aliphatic heterocycles. The van der Waals surface area contributed by atoms with E-state index >= 15 is 0 Å². The second kappa shape index (κ2) is 7.40. The van der Waals surface area contributed by atoms with E-state index in [1.165, 1.54) is 0 Å². The first-order valence-electron chi connectivity index (χ1n) is 7.14. The summed E-state index contributed by atoms with van der Waals surface area (Å²) in [5.74, 6) is 0.867. The minimum atomic E-state index is 0.390. The summed E-state index contributed by atoms with van der Waals surface area (Å²) in [6.45, 7) is 3.62. The standard InChI is InChI=1S/C14H24N4O/c1-11-14(18-9-8-16-11)17-7-2-10-19-13-5-3-12(15)4-6-13/h8-9,12-13H,2-7,10,15H2,1H3,(H,17,18). The zero-order chi connectivity index (χ0) is 13.5. The van der Waals surface area contributed by atoms with Crippen molar-refractivity contribution >= 4 is 5.82 Å². The second-order valence-corrected chi connectivity index (χ2v) is 5.18. The molecule has 1 aromatic rings. The number of nitrogens with one attached hydrogen (secondary N) is 1. The van der Waals surface area contributed by atoms with E-state index in [2.05, 4.69) is 15.3 Å². The molecule has 0 aromatic carbocycles. The fraction of sp³-hybridized carbons (Fsp3) is 0.714. The zero-order valence-electron chi connectivity index (χ0n) is 11.6. The molecule has 3 N–H and O–H groups in total. The van der Waals surface area contributed by atoms with Crippen molar-refractivity contribution in [3.05, 3.63) is 18.1 Å². The number of nitrogens with two attached hydrogens (primary N) is 1. The second-order valence-electron chi connectivity index (χ2n) is 5.18. The topological polar surface area (TPSA) is 73.1 Å². The average Bonchev–Trinajstić information content (AvgIpc) is 2.42. The minimum Gasteiger partial charge on any atom is -0.378 e. The molecule has 1 aliphatic carbocycles. The Labute approximate surface area is 115 Å². The van der Waals surface area contributed by atoms with E-state index in [0.29, 0.717) is 12.1 Å². The van der Waals surface area contributed by atoms with Crippen molar-refractivity contribution in [2.24, 2.45) is 5.73 Å². The van der Waals surface area contributed by atoms with Gasteiger partial charge >= 0.3 is 0 Å². The van der Waals surface area contributed by atoms with Gasteiger partial charge in [0.1, 0.15) is 5.82 Å². The van der Waals surface area contributed by atoms with Crippen LogP contribution in [0.2, 0.25) is 0 Å². The molecule has 1 heterocycles. The van der Waals surface area contributed by atoms with Gasteiger partial charge in [-0.2, -0.15) is 0 Å². The smallest absolute Gasteiger partial charge is 0.147 e. The Balaban J connectivity index is 1.56. The molecule has 1 aromatic heterocycles. The van der Waals surface area contributed by atoms with Crippen molar-refractivity contribution in [1.29, 1.82) is 0 Å². The molecule has 0 bridgehead atoms. The first-order valence-corrected chi connectivity index (χ1v) is 7.14. The number of rotatable bonds is 6. The molecule has 0 spiro atoms. The molecule has 1 fully saturated rings. The Kier molecular flexibility index (Phi) is 5.54. The molecule has 2 rings (SSSR count). The number of nitrogens with zero attached hydrogens (tertiary/aromatic N) is 2. The third-order valence-corrected chi connectivity index (χ3v) is 3.57. The van der Waals surface area contributed by atoms with E-state index in [1.54, 1.807) is 12.4 Å². The summed E-state index contributed by atoms with van der Waals surface area (Å²) in [6.07, 6.45) is 9.23. The van der Waals surface area contributed by atoms with Crippen molar-refractivity contribution in [2.45, 2.75) is 51.2 Å². The first kappa shape index (κ1) is 14.2. The first-order chi connectivity index (χ1) is 9.25. The van der Waals surface area contributed by atoms with Crippen LogP contribution in [-0.4, -0.2) is 35.3 Å². The fourth-order valence-corrected chi connectivity index (χ4v) is 2.37. The lowest BCUT2D eigenvalue weighted by atomic mass is 9.94. The van der Waals surface area contributed by atoms with E-state index in [0.717, 1.165) is 56.8 Å². The van der Waals surface area contributed by atoms with Crippen molar-refractivity contribution in [3.63, 3.8) is 0 Å². The molecule has 0 radical (unpaired) electrons. The highest BCUT2D eigenvalue weighted by Gasteiger charge is 2.18. The lowest BCUT2D eigenvalue weighted by Crippen LogP contribution is -2.30. The number of hydrogen-bond donors (Lipinski definition) is 2. The maximum atomic E-state index is 5.87. The van der Waals surface area contributed by atoms with E-state index in [1.807, 2.05) is 6.92 Å². The van der Waals surface area contributed by atoms with Gasteiger partial charge in [-0.05, 0) is 39.0 Å². The number of aromatic nitrogens is 2. The lowest BCUT2D eigenvalue weighted by Gasteiger charge is -2.26. The summed E-state index contributed by atoms with van der Waals surface area (Å²) in [6, 6.07) is 0.390. The van der Waals surface area contributed by atoms with Crippen LogP contribution in [0.1, 0.15) is 37.8 Å². The SMILES string of the molecule is Cc1nccnc1NCCCOC1CCC(N)CC1. The molecule has 0 unspecified atom stereocenters. The Morgan fingerprint density at radius 1 is 1.26 bits per heavy atom. The molecule has 106 valence electrons. The van der Waals surface area contributed by atoms with Gasteiger partial charge in [-0.3, -0.25) is 4.98 Å². The van der Waals surface area contributed by atoms with Gasteiger partial charge in [0.15, 0.2) is 0 Å². The molecule has 1 aliphatic rings. The van der Waals surface area contributed by atoms with Crippen LogP contribution in [0.15, 0.2) is 12.4 Å². The maximum absolute atomic E-state index is 5.87. The Bertz CT molecular complexity index is 377. The van der Waals surface area contributed by atoms with Gasteiger partial charge in [0.25, 0.3) is 0 Å². The van der Waals surface area contributed by atoms with E-state index in [4.69, 9.17) is 10.5 Å². The molecule has 0 atom stereocenters. The van der Waals surface area contributed by atoms with Crippen molar-refractivity contribution in [2.75, 3.05) is 18.5 Å². The molecule has 1 saturated carbocycles. The molecule has 0 saturated heterocycles. The summed E-state index contributed by atoms with van der Waals surface area (Å²) in [5.41, 5.74) is 6.81. The highest BCUT2D eigenvalue weighted by molar-refractivity contribution is 5.37. The van der Waals surface area contributed by atoms with Gasteiger partial charge in [0.2, 0.25) is 0 Å². The molecular formula is C14H24N4O. The molecular weight excluding hydrogens is 240 g/mol. The van der Waals surface area contributed by atoms with E-state index in [-0.39, 0.29) is 0 Å². The monoisotopic (exact) mass is 264 g/mol. The van der Waals surface area contributed by atoms with Crippen LogP contribution in [0.4, 0.5) is 5.82 Å². The highest BCUT2D eigenvalue weighted by atomic mass is 16.5. The predicted molar refractivity (Wildman–Crippen MR) is 76.1 cm³/mol. The minimum absolute atomic E-state index is 0.390. The van der Waals surface area contributed by atoms with Crippen LogP contribution < -0.4 is 11.1 Å². The summed E-state index contributed by atoms with van der Waals surface area (Å²) in [5, 5.41) is 3.28. The van der Waals surface area contributed by atoms with Gasteiger partial charge in [-0.1, -0.05) is 0 Å². The number of aryl methyl sites for hydroxylation is 1. The number of anilines is 1. The highest BCUT2D eigenvalue weighted by Crippen LogP contribution is 2.19. The van der Waals surface area contributed by atoms with Crippen molar-refractivity contribution in [1.82, 2.24) is 9.97 Å². The number of hydrogen-bond acceptors (Lipinski definition) is 5. The summed E-state index contributed by atoms with van der Waals surface area (Å²) < 4.78 is 5.87. The van der Waals surface area contributed by atoms with Crippen LogP contribution in [0.25, 0.3) is 0 Å². The van der Waals surface area contributed by atoms with Crippen LogP contribution >= 0.6 is 0 Å². The third-order valence-electron chi connectivity index (χ3n) is 3.57. The quantitative estimate of drug-likeness (QED) is 0.767. The van der Waals surface area contributed by atoms with E-state index < -0.39 is 0 Å². The van der Waals surface area contributed by atoms with Crippen LogP contribution in [0.5, 0.6) is 0 Å². The molecule has 19 heavy (non-hydrogen) atoms. The summed E-state index contributed by atoms with van der Waals surface area (Å²) in [7, 11) is 0. The maximum Gasteiger partial charge on any atom is 0.147 e. The van der Waals surface area contributed by atoms with Gasteiger partial charge in [0, 0.05) is 31.6 Å². The van der Waals surface area contributed by atoms with Crippen molar-refractivity contribution in [3.8, 4) is 0 Å². The Morgan fingerprint density at radius 2 is 2.00 bits per heavy atom. The lowest BCUT2D eigenvalue weighted by molar-refractivity contribution is 0.0251. The Morgan fingerprint density at radius 3 is 2.74 bits per heavy atom. The third kappa shape index (κ3) is 4.76. The van der Waals surface area contributed by atoms with Gasteiger partial charge < -0.3 is 15.8 Å². The van der Waals surface area contributed by atoms with Gasteiger partial charge in [0.05, 0.1) is 11.8 Å². The average molecular weight is 264 g/mol. The summed E-state index contributed by atoms with van der Waals surface area (Å²) >= 11 is 0. The molecule has 5 nitrogen and oxygen atoms in total. The molecule has 0 amide bonds. The van der Waals surface area contributed by atoms with Crippen LogP contribution in [0.3, 0.4) is 0 Å². The molecule has 5 heteroatoms. The van der Waals surface area contributed by atoms with E-state index in [9.17, 15) is 0 Å². The largest absolute Gasteiger partial charge is 0.378 e. The normalized spacial score (nSPS) is 23.3. The number of ether oxygens (including phenoxy) is 1. The zero-order valence-corrected chi connectivity index (χ0v) is 11.6. The fourth-order valence-electron chi connectivity index (χ4n) is 2.37. The van der Waals surface area contributed by atoms with Crippen molar-refractivity contribution < 1.29 is 4.74 Å². The summed E-state index contributed by atoms with van der Waals surface area (Å²) in [4.78, 5) is 8.44. The van der Waals surface area contributed by atoms with Gasteiger partial charge in [-0.25, -0.2) is 4.98 Å². The van der Waals surface area contributed by atoms with Gasteiger partial charge in [-0.15, -0.1) is 0 Å². The van der Waals surface area contributed by atoms with Crippen LogP contribution in [-0.2, 0) is 4.74 Å². The Hall–Kier alpha value is -1.20. The predicted octanol–water partition coefficient (Wildman–Crippen LogP) is 1.87.